The average Bonchev–Trinajstić information content (AvgIpc) is 3.33. The fourth-order valence-electron chi connectivity index (χ4n) is 3.16. The molecule has 26 heavy (non-hydrogen) atoms. The fraction of sp³-hybridized carbons (Fsp3) is 0.529. The van der Waals surface area contributed by atoms with E-state index in [0.29, 0.717) is 26.2 Å². The Bertz CT molecular complexity index is 799. The number of carbonyl (C=O) groups is 2. The molecule has 2 saturated heterocycles. The molecule has 2 heterocycles. The first-order valence-electron chi connectivity index (χ1n) is 8.64. The minimum absolute atomic E-state index is 0.0568. The minimum atomic E-state index is -3.75. The molecule has 2 aliphatic heterocycles. The van der Waals surface area contributed by atoms with Gasteiger partial charge in [-0.05, 0) is 43.9 Å². The summed E-state index contributed by atoms with van der Waals surface area (Å²) in [5.74, 6) is -0.984. The summed E-state index contributed by atoms with van der Waals surface area (Å²) in [4.78, 5) is 25.7. The summed E-state index contributed by atoms with van der Waals surface area (Å²) in [6.07, 6.45) is 3.51. The Balaban J connectivity index is 1.72. The van der Waals surface area contributed by atoms with E-state index in [1.807, 2.05) is 0 Å². The number of amides is 1. The van der Waals surface area contributed by atoms with Gasteiger partial charge >= 0.3 is 5.97 Å². The zero-order valence-electron chi connectivity index (χ0n) is 14.3. The van der Waals surface area contributed by atoms with Crippen LogP contribution in [0.25, 0.3) is 0 Å². The largest absolute Gasteiger partial charge is 0.452 e. The Morgan fingerprint density at radius 2 is 1.65 bits per heavy atom. The van der Waals surface area contributed by atoms with Gasteiger partial charge in [-0.25, -0.2) is 13.2 Å². The number of carbonyl (C=O) groups excluding carboxylic acids is 2. The van der Waals surface area contributed by atoms with Crippen LogP contribution in [-0.2, 0) is 19.6 Å². The molecule has 1 aromatic rings. The molecule has 0 atom stereocenters. The van der Waals surface area contributed by atoms with Crippen molar-refractivity contribution >= 4 is 33.5 Å². The SMILES string of the molecule is O=C(OCC(=O)N1CCCC1)c1ccc(Cl)c(S(=O)(=O)N2CCCC2)c1. The number of hydrogen-bond donors (Lipinski definition) is 0. The molecule has 7 nitrogen and oxygen atoms in total. The van der Waals surface area contributed by atoms with Gasteiger partial charge in [0.05, 0.1) is 10.6 Å². The van der Waals surface area contributed by atoms with Crippen LogP contribution in [0.4, 0.5) is 0 Å². The third-order valence-corrected chi connectivity index (χ3v) is 7.02. The van der Waals surface area contributed by atoms with E-state index in [0.717, 1.165) is 25.7 Å². The predicted molar refractivity (Wildman–Crippen MR) is 95.5 cm³/mol. The lowest BCUT2D eigenvalue weighted by molar-refractivity contribution is -0.133. The van der Waals surface area contributed by atoms with Gasteiger partial charge in [0.1, 0.15) is 4.90 Å². The highest BCUT2D eigenvalue weighted by Crippen LogP contribution is 2.28. The van der Waals surface area contributed by atoms with Crippen LogP contribution in [-0.4, -0.2) is 62.3 Å². The summed E-state index contributed by atoms with van der Waals surface area (Å²) in [5.41, 5.74) is 0.0568. The molecule has 9 heteroatoms. The molecule has 0 bridgehead atoms. The van der Waals surface area contributed by atoms with Gasteiger partial charge in [-0.2, -0.15) is 4.31 Å². The zero-order chi connectivity index (χ0) is 18.7. The second-order valence-electron chi connectivity index (χ2n) is 6.42. The molecule has 1 aromatic carbocycles. The Kier molecular flexibility index (Phi) is 5.84. The van der Waals surface area contributed by atoms with Crippen LogP contribution in [0.5, 0.6) is 0 Å². The van der Waals surface area contributed by atoms with Crippen LogP contribution in [0.2, 0.25) is 5.02 Å². The molecule has 142 valence electrons. The van der Waals surface area contributed by atoms with Gasteiger partial charge in [-0.1, -0.05) is 11.6 Å². The highest BCUT2D eigenvalue weighted by Gasteiger charge is 2.30. The summed E-state index contributed by atoms with van der Waals surface area (Å²) < 4.78 is 31.8. The molecule has 2 aliphatic rings. The van der Waals surface area contributed by atoms with Crippen molar-refractivity contribution in [3.05, 3.63) is 28.8 Å². The van der Waals surface area contributed by atoms with Crippen molar-refractivity contribution in [2.24, 2.45) is 0 Å². The van der Waals surface area contributed by atoms with Gasteiger partial charge in [0.15, 0.2) is 6.61 Å². The van der Waals surface area contributed by atoms with E-state index in [9.17, 15) is 18.0 Å². The van der Waals surface area contributed by atoms with E-state index in [4.69, 9.17) is 16.3 Å². The predicted octanol–water partition coefficient (Wildman–Crippen LogP) is 1.90. The maximum Gasteiger partial charge on any atom is 0.338 e. The quantitative estimate of drug-likeness (QED) is 0.705. The number of halogens is 1. The Labute approximate surface area is 157 Å². The molecule has 0 aromatic heterocycles. The number of rotatable bonds is 5. The molecule has 0 saturated carbocycles. The maximum atomic E-state index is 12.7. The average molecular weight is 401 g/mol. The van der Waals surface area contributed by atoms with Crippen LogP contribution in [0.15, 0.2) is 23.1 Å². The van der Waals surface area contributed by atoms with Crippen LogP contribution in [0.3, 0.4) is 0 Å². The van der Waals surface area contributed by atoms with Crippen LogP contribution in [0, 0.1) is 0 Å². The molecule has 0 radical (unpaired) electrons. The normalized spacial score (nSPS) is 18.3. The second kappa shape index (κ2) is 7.94. The maximum absolute atomic E-state index is 12.7. The molecule has 2 fully saturated rings. The second-order valence-corrected chi connectivity index (χ2v) is 8.73. The summed E-state index contributed by atoms with van der Waals surface area (Å²) >= 11 is 6.06. The third kappa shape index (κ3) is 4.02. The van der Waals surface area contributed by atoms with Gasteiger partial charge in [0, 0.05) is 26.2 Å². The van der Waals surface area contributed by atoms with Gasteiger partial charge < -0.3 is 9.64 Å². The third-order valence-electron chi connectivity index (χ3n) is 4.64. The number of benzene rings is 1. The molecule has 0 N–H and O–H groups in total. The lowest BCUT2D eigenvalue weighted by Gasteiger charge is -2.17. The fourth-order valence-corrected chi connectivity index (χ4v) is 5.18. The number of ether oxygens (including phenoxy) is 1. The summed E-state index contributed by atoms with van der Waals surface area (Å²) in [6, 6.07) is 3.98. The first-order chi connectivity index (χ1) is 12.4. The zero-order valence-corrected chi connectivity index (χ0v) is 15.9. The van der Waals surface area contributed by atoms with Crippen LogP contribution >= 0.6 is 11.6 Å². The molecule has 0 unspecified atom stereocenters. The number of esters is 1. The molecule has 3 rings (SSSR count). The molecule has 0 spiro atoms. The summed E-state index contributed by atoms with van der Waals surface area (Å²) in [7, 11) is -3.75. The first-order valence-corrected chi connectivity index (χ1v) is 10.5. The molecular formula is C17H21ClN2O5S. The van der Waals surface area contributed by atoms with Crippen molar-refractivity contribution in [2.75, 3.05) is 32.8 Å². The highest BCUT2D eigenvalue weighted by atomic mass is 35.5. The van der Waals surface area contributed by atoms with Crippen molar-refractivity contribution in [1.82, 2.24) is 9.21 Å². The molecule has 1 amide bonds. The number of hydrogen-bond acceptors (Lipinski definition) is 5. The van der Waals surface area contributed by atoms with E-state index in [1.54, 1.807) is 4.90 Å². The number of likely N-dealkylation sites (tertiary alicyclic amines) is 1. The monoisotopic (exact) mass is 400 g/mol. The van der Waals surface area contributed by atoms with Gasteiger partial charge in [0.2, 0.25) is 10.0 Å². The highest BCUT2D eigenvalue weighted by molar-refractivity contribution is 7.89. The van der Waals surface area contributed by atoms with E-state index >= 15 is 0 Å². The van der Waals surface area contributed by atoms with Gasteiger partial charge in [0.25, 0.3) is 5.91 Å². The van der Waals surface area contributed by atoms with Crippen molar-refractivity contribution in [1.29, 1.82) is 0 Å². The Morgan fingerprint density at radius 3 is 2.31 bits per heavy atom. The Morgan fingerprint density at radius 1 is 1.04 bits per heavy atom. The summed E-state index contributed by atoms with van der Waals surface area (Å²) in [5, 5.41) is 0.0570. The number of nitrogens with zero attached hydrogens (tertiary/aromatic N) is 2. The van der Waals surface area contributed by atoms with Crippen molar-refractivity contribution in [2.45, 2.75) is 30.6 Å². The van der Waals surface area contributed by atoms with Crippen molar-refractivity contribution < 1.29 is 22.7 Å². The van der Waals surface area contributed by atoms with E-state index < -0.39 is 16.0 Å². The smallest absolute Gasteiger partial charge is 0.338 e. The topological polar surface area (TPSA) is 84.0 Å². The van der Waals surface area contributed by atoms with E-state index in [2.05, 4.69) is 0 Å². The standard InChI is InChI=1S/C17H21ClN2O5S/c18-14-6-5-13(11-15(14)26(23,24)20-9-3-4-10-20)17(22)25-12-16(21)19-7-1-2-8-19/h5-6,11H,1-4,7-10,12H2. The minimum Gasteiger partial charge on any atom is -0.452 e. The van der Waals surface area contributed by atoms with Crippen LogP contribution in [0.1, 0.15) is 36.0 Å². The van der Waals surface area contributed by atoms with E-state index in [1.165, 1.54) is 22.5 Å². The molecule has 0 aliphatic carbocycles. The number of sulfonamides is 1. The Hall–Kier alpha value is -1.64. The van der Waals surface area contributed by atoms with Gasteiger partial charge in [-0.15, -0.1) is 0 Å². The van der Waals surface area contributed by atoms with Crippen molar-refractivity contribution in [3.63, 3.8) is 0 Å². The van der Waals surface area contributed by atoms with Crippen LogP contribution < -0.4 is 0 Å². The van der Waals surface area contributed by atoms with E-state index in [-0.39, 0.29) is 28.0 Å². The summed E-state index contributed by atoms with van der Waals surface area (Å²) in [6.45, 7) is 1.89. The van der Waals surface area contributed by atoms with Gasteiger partial charge in [-0.3, -0.25) is 4.79 Å². The first kappa shape index (κ1) is 19.1. The molecular weight excluding hydrogens is 380 g/mol. The lowest BCUT2D eigenvalue weighted by atomic mass is 10.2. The van der Waals surface area contributed by atoms with Crippen molar-refractivity contribution in [3.8, 4) is 0 Å². The lowest BCUT2D eigenvalue weighted by Crippen LogP contribution is -2.32.